The predicted octanol–water partition coefficient (Wildman–Crippen LogP) is 1.52. The minimum atomic E-state index is -0.190. The molecule has 0 bridgehead atoms. The van der Waals surface area contributed by atoms with Crippen LogP contribution in [-0.2, 0) is 17.8 Å². The lowest BCUT2D eigenvalue weighted by molar-refractivity contribution is -0.115. The standard InChI is InChI=1S/C18H21N5O3/c1-2-23-10-11(9-20-23)26-15-5-3-4-14(15)21-18(25)12-6-7-19-17-13(12)8-16(24)22-17/h6-7,9-10,14-15H,2-5,8H2,1H3,(H,21,25)(H,19,22,24)/t14-,15+/m0/s1. The molecule has 4 rings (SSSR count). The number of rotatable bonds is 5. The van der Waals surface area contributed by atoms with Gasteiger partial charge in [0.05, 0.1) is 24.9 Å². The Hall–Kier alpha value is -2.90. The van der Waals surface area contributed by atoms with Gasteiger partial charge in [0, 0.05) is 23.9 Å². The molecule has 0 radical (unpaired) electrons. The van der Waals surface area contributed by atoms with Crippen LogP contribution in [0.3, 0.4) is 0 Å². The largest absolute Gasteiger partial charge is 0.485 e. The smallest absolute Gasteiger partial charge is 0.252 e. The third kappa shape index (κ3) is 3.14. The molecule has 3 heterocycles. The lowest BCUT2D eigenvalue weighted by Crippen LogP contribution is -2.42. The van der Waals surface area contributed by atoms with Gasteiger partial charge in [-0.05, 0) is 32.3 Å². The van der Waals surface area contributed by atoms with E-state index < -0.39 is 0 Å². The molecule has 8 nitrogen and oxygen atoms in total. The van der Waals surface area contributed by atoms with Gasteiger partial charge < -0.3 is 15.4 Å². The second kappa shape index (κ2) is 6.78. The van der Waals surface area contributed by atoms with Crippen LogP contribution in [0.5, 0.6) is 5.75 Å². The van der Waals surface area contributed by atoms with Gasteiger partial charge in [-0.15, -0.1) is 0 Å². The fourth-order valence-corrected chi connectivity index (χ4v) is 3.56. The van der Waals surface area contributed by atoms with Gasteiger partial charge in [0.25, 0.3) is 5.91 Å². The number of nitrogens with zero attached hydrogens (tertiary/aromatic N) is 3. The third-order valence-corrected chi connectivity index (χ3v) is 4.89. The first-order valence-corrected chi connectivity index (χ1v) is 8.91. The van der Waals surface area contributed by atoms with E-state index in [0.29, 0.717) is 16.9 Å². The summed E-state index contributed by atoms with van der Waals surface area (Å²) in [4.78, 5) is 28.5. The summed E-state index contributed by atoms with van der Waals surface area (Å²) in [6.45, 7) is 2.80. The molecule has 1 aliphatic heterocycles. The molecule has 1 aliphatic carbocycles. The Bertz CT molecular complexity index is 847. The van der Waals surface area contributed by atoms with Gasteiger partial charge >= 0.3 is 0 Å². The second-order valence-electron chi connectivity index (χ2n) is 6.61. The van der Waals surface area contributed by atoms with E-state index in [1.807, 2.05) is 17.8 Å². The SMILES string of the molecule is CCn1cc(O[C@@H]2CCC[C@@H]2NC(=O)c2ccnc3c2CC(=O)N3)cn1. The molecule has 0 saturated heterocycles. The number of carbonyl (C=O) groups is 2. The number of fused-ring (bicyclic) bond motifs is 1. The van der Waals surface area contributed by atoms with E-state index in [4.69, 9.17) is 4.74 Å². The van der Waals surface area contributed by atoms with E-state index in [1.54, 1.807) is 18.5 Å². The summed E-state index contributed by atoms with van der Waals surface area (Å²) in [5, 5.41) is 9.96. The molecule has 0 spiro atoms. The van der Waals surface area contributed by atoms with Crippen LogP contribution in [0.1, 0.15) is 42.1 Å². The molecular weight excluding hydrogens is 334 g/mol. The molecule has 2 N–H and O–H groups in total. The molecule has 0 aromatic carbocycles. The number of hydrogen-bond acceptors (Lipinski definition) is 5. The summed E-state index contributed by atoms with van der Waals surface area (Å²) in [6, 6.07) is 1.59. The first kappa shape index (κ1) is 16.6. The van der Waals surface area contributed by atoms with Crippen LogP contribution in [0.15, 0.2) is 24.7 Å². The number of hydrogen-bond donors (Lipinski definition) is 2. The van der Waals surface area contributed by atoms with Crippen LogP contribution >= 0.6 is 0 Å². The number of pyridine rings is 1. The van der Waals surface area contributed by atoms with Gasteiger partial charge in [-0.2, -0.15) is 5.10 Å². The Kier molecular flexibility index (Phi) is 4.32. The number of carbonyl (C=O) groups excluding carboxylic acids is 2. The van der Waals surface area contributed by atoms with Gasteiger partial charge in [0.1, 0.15) is 11.9 Å². The molecule has 26 heavy (non-hydrogen) atoms. The van der Waals surface area contributed by atoms with Crippen molar-refractivity contribution < 1.29 is 14.3 Å². The quantitative estimate of drug-likeness (QED) is 0.847. The van der Waals surface area contributed by atoms with Gasteiger partial charge in [-0.25, -0.2) is 4.98 Å². The number of ether oxygens (including phenoxy) is 1. The predicted molar refractivity (Wildman–Crippen MR) is 94.0 cm³/mol. The molecule has 2 atom stereocenters. The monoisotopic (exact) mass is 355 g/mol. The third-order valence-electron chi connectivity index (χ3n) is 4.89. The number of nitrogens with one attached hydrogen (secondary N) is 2. The Morgan fingerprint density at radius 3 is 3.15 bits per heavy atom. The summed E-state index contributed by atoms with van der Waals surface area (Å²) >= 11 is 0. The van der Waals surface area contributed by atoms with Crippen molar-refractivity contribution >= 4 is 17.6 Å². The van der Waals surface area contributed by atoms with Crippen LogP contribution in [0.4, 0.5) is 5.82 Å². The number of aromatic nitrogens is 3. The van der Waals surface area contributed by atoms with Crippen LogP contribution in [0.2, 0.25) is 0 Å². The van der Waals surface area contributed by atoms with E-state index >= 15 is 0 Å². The summed E-state index contributed by atoms with van der Waals surface area (Å²) in [6.07, 6.45) is 7.96. The topological polar surface area (TPSA) is 98.1 Å². The maximum Gasteiger partial charge on any atom is 0.252 e. The molecule has 2 aliphatic rings. The van der Waals surface area contributed by atoms with Gasteiger partial charge in [0.2, 0.25) is 5.91 Å². The highest BCUT2D eigenvalue weighted by molar-refractivity contribution is 6.04. The van der Waals surface area contributed by atoms with Crippen LogP contribution < -0.4 is 15.4 Å². The summed E-state index contributed by atoms with van der Waals surface area (Å²) in [7, 11) is 0. The van der Waals surface area contributed by atoms with Crippen molar-refractivity contribution in [3.05, 3.63) is 35.8 Å². The highest BCUT2D eigenvalue weighted by atomic mass is 16.5. The fraction of sp³-hybridized carbons (Fsp3) is 0.444. The number of anilines is 1. The average molecular weight is 355 g/mol. The van der Waals surface area contributed by atoms with Crippen molar-refractivity contribution in [2.24, 2.45) is 0 Å². The zero-order valence-corrected chi connectivity index (χ0v) is 14.6. The maximum absolute atomic E-state index is 12.8. The lowest BCUT2D eigenvalue weighted by atomic mass is 10.1. The van der Waals surface area contributed by atoms with Crippen molar-refractivity contribution in [3.8, 4) is 5.75 Å². The summed E-state index contributed by atoms with van der Waals surface area (Å²) in [5.41, 5.74) is 1.16. The Morgan fingerprint density at radius 1 is 1.46 bits per heavy atom. The van der Waals surface area contributed by atoms with Crippen molar-refractivity contribution in [2.45, 2.75) is 51.3 Å². The van der Waals surface area contributed by atoms with Gasteiger partial charge in [-0.3, -0.25) is 14.3 Å². The Morgan fingerprint density at radius 2 is 2.35 bits per heavy atom. The van der Waals surface area contributed by atoms with Gasteiger partial charge in [0.15, 0.2) is 5.75 Å². The molecular formula is C18H21N5O3. The Labute approximate surface area is 150 Å². The molecule has 8 heteroatoms. The van der Waals surface area contributed by atoms with E-state index in [1.165, 1.54) is 0 Å². The number of aryl methyl sites for hydroxylation is 1. The van der Waals surface area contributed by atoms with E-state index in [-0.39, 0.29) is 30.4 Å². The molecule has 2 aromatic rings. The fourth-order valence-electron chi connectivity index (χ4n) is 3.56. The second-order valence-corrected chi connectivity index (χ2v) is 6.61. The lowest BCUT2D eigenvalue weighted by Gasteiger charge is -2.22. The normalized spacial score (nSPS) is 21.3. The van der Waals surface area contributed by atoms with E-state index in [0.717, 1.165) is 31.6 Å². The van der Waals surface area contributed by atoms with Crippen LogP contribution in [-0.4, -0.2) is 38.7 Å². The van der Waals surface area contributed by atoms with Crippen molar-refractivity contribution in [1.29, 1.82) is 0 Å². The van der Waals surface area contributed by atoms with Crippen molar-refractivity contribution in [3.63, 3.8) is 0 Å². The van der Waals surface area contributed by atoms with Crippen LogP contribution in [0.25, 0.3) is 0 Å². The molecule has 2 amide bonds. The zero-order chi connectivity index (χ0) is 18.1. The zero-order valence-electron chi connectivity index (χ0n) is 14.6. The Balaban J connectivity index is 1.45. The molecule has 0 unspecified atom stereocenters. The molecule has 1 saturated carbocycles. The first-order chi connectivity index (χ1) is 12.6. The average Bonchev–Trinajstić information content (AvgIpc) is 3.34. The highest BCUT2D eigenvalue weighted by Crippen LogP contribution is 2.27. The molecule has 1 fully saturated rings. The molecule has 136 valence electrons. The maximum atomic E-state index is 12.8. The summed E-state index contributed by atoms with van der Waals surface area (Å²) < 4.78 is 7.85. The highest BCUT2D eigenvalue weighted by Gasteiger charge is 2.32. The molecule has 2 aromatic heterocycles. The van der Waals surface area contributed by atoms with E-state index in [9.17, 15) is 9.59 Å². The van der Waals surface area contributed by atoms with Crippen LogP contribution in [0, 0.1) is 0 Å². The van der Waals surface area contributed by atoms with Gasteiger partial charge in [-0.1, -0.05) is 0 Å². The van der Waals surface area contributed by atoms with Crippen molar-refractivity contribution in [2.75, 3.05) is 5.32 Å². The minimum Gasteiger partial charge on any atom is -0.485 e. The minimum absolute atomic E-state index is 0.0682. The number of amides is 2. The first-order valence-electron chi connectivity index (χ1n) is 8.91. The van der Waals surface area contributed by atoms with Crippen molar-refractivity contribution in [1.82, 2.24) is 20.1 Å². The van der Waals surface area contributed by atoms with E-state index in [2.05, 4.69) is 20.7 Å². The summed E-state index contributed by atoms with van der Waals surface area (Å²) in [5.74, 6) is 0.874.